The predicted octanol–water partition coefficient (Wildman–Crippen LogP) is -0.601. The van der Waals surface area contributed by atoms with Crippen LogP contribution in [0.2, 0.25) is 0 Å². The van der Waals surface area contributed by atoms with Crippen molar-refractivity contribution in [1.82, 2.24) is 20.6 Å². The smallest absolute Gasteiger partial charge is 0.339 e. The molecule has 1 aromatic rings. The van der Waals surface area contributed by atoms with Gasteiger partial charge in [0.05, 0.1) is 11.7 Å². The lowest BCUT2D eigenvalue weighted by molar-refractivity contribution is -0.122. The summed E-state index contributed by atoms with van der Waals surface area (Å²) in [5, 5.41) is 14.3. The summed E-state index contributed by atoms with van der Waals surface area (Å²) in [5.41, 5.74) is 0.382. The van der Waals surface area contributed by atoms with Crippen molar-refractivity contribution in [1.29, 1.82) is 0 Å². The predicted molar refractivity (Wildman–Crippen MR) is 59.4 cm³/mol. The highest BCUT2D eigenvalue weighted by Crippen LogP contribution is 2.03. The molecule has 0 bridgehead atoms. The summed E-state index contributed by atoms with van der Waals surface area (Å²) in [6.07, 6.45) is 2.50. The maximum absolute atomic E-state index is 11.2. The number of nitrogens with one attached hydrogen (secondary N) is 2. The number of rotatable bonds is 5. The van der Waals surface area contributed by atoms with E-state index in [0.717, 1.165) is 0 Å². The second kappa shape index (κ2) is 5.90. The van der Waals surface area contributed by atoms with Crippen LogP contribution in [0.4, 0.5) is 0 Å². The zero-order valence-electron chi connectivity index (χ0n) is 9.60. The molecule has 3 N–H and O–H groups in total. The Labute approximate surface area is 98.3 Å². The van der Waals surface area contributed by atoms with Gasteiger partial charge in [-0.3, -0.25) is 4.79 Å². The van der Waals surface area contributed by atoms with Crippen LogP contribution >= 0.6 is 0 Å². The molecule has 0 saturated carbocycles. The Kier molecular flexibility index (Phi) is 4.53. The number of likely N-dealkylation sites (N-methyl/N-ethyl adjacent to an activating group) is 1. The maximum Gasteiger partial charge on any atom is 0.339 e. The molecule has 0 aliphatic rings. The van der Waals surface area contributed by atoms with Crippen LogP contribution in [0.1, 0.15) is 23.0 Å². The summed E-state index contributed by atoms with van der Waals surface area (Å²) in [6, 6.07) is -0.420. The molecule has 1 amide bonds. The number of carbonyl (C=O) groups is 2. The van der Waals surface area contributed by atoms with Crippen LogP contribution in [0, 0.1) is 0 Å². The zero-order valence-corrected chi connectivity index (χ0v) is 9.60. The summed E-state index contributed by atoms with van der Waals surface area (Å²) < 4.78 is 0. The first-order valence-corrected chi connectivity index (χ1v) is 5.03. The summed E-state index contributed by atoms with van der Waals surface area (Å²) in [4.78, 5) is 29.6. The van der Waals surface area contributed by atoms with Crippen molar-refractivity contribution in [2.24, 2.45) is 0 Å². The van der Waals surface area contributed by atoms with Crippen molar-refractivity contribution < 1.29 is 14.7 Å². The van der Waals surface area contributed by atoms with E-state index < -0.39 is 12.0 Å². The Hall–Kier alpha value is -2.02. The average molecular weight is 238 g/mol. The van der Waals surface area contributed by atoms with E-state index >= 15 is 0 Å². The van der Waals surface area contributed by atoms with Gasteiger partial charge in [0.1, 0.15) is 11.9 Å². The van der Waals surface area contributed by atoms with Gasteiger partial charge in [-0.1, -0.05) is 0 Å². The minimum Gasteiger partial charge on any atom is -0.478 e. The molecule has 7 nitrogen and oxygen atoms in total. The van der Waals surface area contributed by atoms with Gasteiger partial charge < -0.3 is 15.7 Å². The molecular formula is C10H14N4O3. The monoisotopic (exact) mass is 238 g/mol. The fraction of sp³-hybridized carbons (Fsp3) is 0.400. The second-order valence-corrected chi connectivity index (χ2v) is 3.41. The third kappa shape index (κ3) is 3.49. The molecule has 0 aromatic carbocycles. The van der Waals surface area contributed by atoms with E-state index in [1.54, 1.807) is 6.92 Å². The molecule has 0 aliphatic heterocycles. The first-order chi connectivity index (χ1) is 8.06. The number of nitrogens with zero attached hydrogens (tertiary/aromatic N) is 2. The van der Waals surface area contributed by atoms with Crippen LogP contribution in [-0.4, -0.2) is 40.0 Å². The number of carbonyl (C=O) groups excluding carboxylic acids is 1. The Morgan fingerprint density at radius 1 is 1.53 bits per heavy atom. The van der Waals surface area contributed by atoms with Gasteiger partial charge in [-0.05, 0) is 6.92 Å². The van der Waals surface area contributed by atoms with Crippen molar-refractivity contribution >= 4 is 11.9 Å². The lowest BCUT2D eigenvalue weighted by Gasteiger charge is -2.12. The van der Waals surface area contributed by atoms with E-state index in [2.05, 4.69) is 20.6 Å². The van der Waals surface area contributed by atoms with Gasteiger partial charge >= 0.3 is 5.97 Å². The molecule has 0 spiro atoms. The Balaban J connectivity index is 2.69. The number of hydrogen-bond donors (Lipinski definition) is 3. The van der Waals surface area contributed by atoms with Gasteiger partial charge in [0, 0.05) is 19.8 Å². The van der Waals surface area contributed by atoms with Crippen molar-refractivity contribution in [2.75, 3.05) is 7.05 Å². The van der Waals surface area contributed by atoms with E-state index in [1.165, 1.54) is 19.6 Å². The third-order valence-electron chi connectivity index (χ3n) is 2.24. The Bertz CT molecular complexity index is 422. The highest BCUT2D eigenvalue weighted by molar-refractivity contribution is 5.88. The lowest BCUT2D eigenvalue weighted by atomic mass is 10.2. The first kappa shape index (κ1) is 13.0. The molecule has 0 saturated heterocycles. The number of carboxylic acid groups (broad SMARTS) is 1. The van der Waals surface area contributed by atoms with Crippen molar-refractivity contribution in [3.05, 3.63) is 23.8 Å². The summed E-state index contributed by atoms with van der Waals surface area (Å²) in [5.74, 6) is -1.26. The highest BCUT2D eigenvalue weighted by Gasteiger charge is 2.14. The average Bonchev–Trinajstić information content (AvgIpc) is 2.35. The summed E-state index contributed by atoms with van der Waals surface area (Å²) in [7, 11) is 1.54. The maximum atomic E-state index is 11.2. The SMILES string of the molecule is CNC(=O)C(C)NCc1ncncc1C(=O)O. The fourth-order valence-electron chi connectivity index (χ4n) is 1.23. The summed E-state index contributed by atoms with van der Waals surface area (Å²) >= 11 is 0. The summed E-state index contributed by atoms with van der Waals surface area (Å²) in [6.45, 7) is 1.87. The van der Waals surface area contributed by atoms with Gasteiger partial charge in [0.2, 0.25) is 5.91 Å². The van der Waals surface area contributed by atoms with Crippen LogP contribution in [-0.2, 0) is 11.3 Å². The van der Waals surface area contributed by atoms with Crippen molar-refractivity contribution in [2.45, 2.75) is 19.5 Å². The van der Waals surface area contributed by atoms with Crippen LogP contribution in [0.15, 0.2) is 12.5 Å². The molecule has 0 radical (unpaired) electrons. The van der Waals surface area contributed by atoms with Crippen LogP contribution < -0.4 is 10.6 Å². The van der Waals surface area contributed by atoms with Gasteiger partial charge in [-0.25, -0.2) is 14.8 Å². The van der Waals surface area contributed by atoms with Crippen LogP contribution in [0.25, 0.3) is 0 Å². The molecule has 1 aromatic heterocycles. The van der Waals surface area contributed by atoms with E-state index in [1.807, 2.05) is 0 Å². The normalized spacial score (nSPS) is 11.9. The van der Waals surface area contributed by atoms with Gasteiger partial charge in [0.15, 0.2) is 0 Å². The minimum absolute atomic E-state index is 0.0316. The molecule has 0 aliphatic carbocycles. The molecular weight excluding hydrogens is 224 g/mol. The standard InChI is InChI=1S/C10H14N4O3/c1-6(9(15)11-2)13-4-8-7(10(16)17)3-12-5-14-8/h3,5-6,13H,4H2,1-2H3,(H,11,15)(H,16,17). The largest absolute Gasteiger partial charge is 0.478 e. The van der Waals surface area contributed by atoms with Crippen LogP contribution in [0.5, 0.6) is 0 Å². The van der Waals surface area contributed by atoms with Crippen molar-refractivity contribution in [3.8, 4) is 0 Å². The highest BCUT2D eigenvalue weighted by atomic mass is 16.4. The number of aromatic carboxylic acids is 1. The van der Waals surface area contributed by atoms with E-state index in [-0.39, 0.29) is 18.0 Å². The van der Waals surface area contributed by atoms with Gasteiger partial charge in [-0.2, -0.15) is 0 Å². The van der Waals surface area contributed by atoms with Gasteiger partial charge in [-0.15, -0.1) is 0 Å². The molecule has 17 heavy (non-hydrogen) atoms. The minimum atomic E-state index is -1.09. The first-order valence-electron chi connectivity index (χ1n) is 5.03. The number of hydrogen-bond acceptors (Lipinski definition) is 5. The fourth-order valence-corrected chi connectivity index (χ4v) is 1.23. The Morgan fingerprint density at radius 3 is 2.82 bits per heavy atom. The Morgan fingerprint density at radius 2 is 2.24 bits per heavy atom. The van der Waals surface area contributed by atoms with E-state index in [9.17, 15) is 9.59 Å². The van der Waals surface area contributed by atoms with E-state index in [4.69, 9.17) is 5.11 Å². The molecule has 1 atom stereocenters. The topological polar surface area (TPSA) is 104 Å². The van der Waals surface area contributed by atoms with Crippen molar-refractivity contribution in [3.63, 3.8) is 0 Å². The van der Waals surface area contributed by atoms with Crippen LogP contribution in [0.3, 0.4) is 0 Å². The molecule has 1 unspecified atom stereocenters. The second-order valence-electron chi connectivity index (χ2n) is 3.41. The van der Waals surface area contributed by atoms with Gasteiger partial charge in [0.25, 0.3) is 0 Å². The molecule has 7 heteroatoms. The number of aromatic nitrogens is 2. The quantitative estimate of drug-likeness (QED) is 0.632. The molecule has 0 fully saturated rings. The molecule has 1 rings (SSSR count). The lowest BCUT2D eigenvalue weighted by Crippen LogP contribution is -2.40. The number of carboxylic acids is 1. The number of amides is 1. The third-order valence-corrected chi connectivity index (χ3v) is 2.24. The van der Waals surface area contributed by atoms with E-state index in [0.29, 0.717) is 5.69 Å². The molecule has 1 heterocycles. The molecule has 92 valence electrons. The zero-order chi connectivity index (χ0) is 12.8.